The maximum atomic E-state index is 3.51. The minimum atomic E-state index is 1.07. The van der Waals surface area contributed by atoms with Crippen LogP contribution in [0.2, 0.25) is 0 Å². The number of para-hydroxylation sites is 2. The Morgan fingerprint density at radius 1 is 0.864 bits per heavy atom. The third-order valence-electron chi connectivity index (χ3n) is 4.39. The van der Waals surface area contributed by atoms with E-state index in [-0.39, 0.29) is 0 Å². The predicted octanol–water partition coefficient (Wildman–Crippen LogP) is 4.31. The van der Waals surface area contributed by atoms with Gasteiger partial charge >= 0.3 is 0 Å². The second kappa shape index (κ2) is 7.46. The molecule has 116 valence electrons. The molecule has 0 atom stereocenters. The van der Waals surface area contributed by atoms with E-state index >= 15 is 0 Å². The highest BCUT2D eigenvalue weighted by Crippen LogP contribution is 2.35. The normalized spacial score (nSPS) is 13.4. The Labute approximate surface area is 134 Å². The number of benzene rings is 2. The van der Waals surface area contributed by atoms with Crippen LogP contribution in [0.1, 0.15) is 30.9 Å². The van der Waals surface area contributed by atoms with Gasteiger partial charge in [0.05, 0.1) is 0 Å². The molecule has 0 fully saturated rings. The maximum Gasteiger partial charge on any atom is 0.0443 e. The lowest BCUT2D eigenvalue weighted by molar-refractivity contribution is 0.641. The zero-order valence-electron chi connectivity index (χ0n) is 13.5. The van der Waals surface area contributed by atoms with Gasteiger partial charge in [-0.3, -0.25) is 0 Å². The topological polar surface area (TPSA) is 15.3 Å². The quantitative estimate of drug-likeness (QED) is 0.799. The van der Waals surface area contributed by atoms with E-state index in [1.807, 2.05) is 0 Å². The van der Waals surface area contributed by atoms with Crippen LogP contribution in [0, 0.1) is 0 Å². The van der Waals surface area contributed by atoms with Gasteiger partial charge in [-0.25, -0.2) is 0 Å². The van der Waals surface area contributed by atoms with Crippen LogP contribution in [0.5, 0.6) is 0 Å². The van der Waals surface area contributed by atoms with Crippen LogP contribution >= 0.6 is 0 Å². The molecular formula is C20H26N2. The average Bonchev–Trinajstić information content (AvgIpc) is 2.72. The van der Waals surface area contributed by atoms with Crippen molar-refractivity contribution < 1.29 is 0 Å². The summed E-state index contributed by atoms with van der Waals surface area (Å²) in [5.41, 5.74) is 5.73. The maximum absolute atomic E-state index is 3.51. The summed E-state index contributed by atoms with van der Waals surface area (Å²) in [5.74, 6) is 0. The summed E-state index contributed by atoms with van der Waals surface area (Å²) in [6.07, 6.45) is 4.65. The van der Waals surface area contributed by atoms with Crippen molar-refractivity contribution in [3.63, 3.8) is 0 Å². The zero-order valence-corrected chi connectivity index (χ0v) is 13.5. The summed E-state index contributed by atoms with van der Waals surface area (Å²) >= 11 is 0. The molecule has 2 nitrogen and oxygen atoms in total. The molecule has 0 unspecified atom stereocenters. The van der Waals surface area contributed by atoms with Gasteiger partial charge in [-0.1, -0.05) is 43.3 Å². The number of hydrogen-bond acceptors (Lipinski definition) is 2. The van der Waals surface area contributed by atoms with Crippen LogP contribution in [-0.2, 0) is 12.8 Å². The molecule has 0 aliphatic carbocycles. The smallest absolute Gasteiger partial charge is 0.0443 e. The molecule has 0 aromatic heterocycles. The van der Waals surface area contributed by atoms with Gasteiger partial charge in [-0.05, 0) is 62.0 Å². The van der Waals surface area contributed by atoms with Crippen molar-refractivity contribution in [3.05, 3.63) is 59.7 Å². The minimum absolute atomic E-state index is 1.07. The van der Waals surface area contributed by atoms with E-state index in [0.29, 0.717) is 0 Å². The Kier molecular flexibility index (Phi) is 5.12. The summed E-state index contributed by atoms with van der Waals surface area (Å²) in [6, 6.07) is 17.8. The standard InChI is InChI=1S/C20H26N2/c1-2-14-21-15-7-16-22-19-10-5-3-8-17(19)12-13-18-9-4-6-11-20(18)22/h3-6,8-11,21H,2,7,12-16H2,1H3. The molecular weight excluding hydrogens is 268 g/mol. The van der Waals surface area contributed by atoms with Crippen LogP contribution in [0.4, 0.5) is 11.4 Å². The average molecular weight is 294 g/mol. The Bertz CT molecular complexity index is 559. The number of rotatable bonds is 6. The van der Waals surface area contributed by atoms with Crippen molar-refractivity contribution >= 4 is 11.4 Å². The van der Waals surface area contributed by atoms with E-state index in [0.717, 1.165) is 32.5 Å². The van der Waals surface area contributed by atoms with E-state index in [4.69, 9.17) is 0 Å². The van der Waals surface area contributed by atoms with Crippen LogP contribution in [0.25, 0.3) is 0 Å². The molecule has 0 spiro atoms. The molecule has 0 saturated carbocycles. The monoisotopic (exact) mass is 294 g/mol. The fraction of sp³-hybridized carbons (Fsp3) is 0.400. The Hall–Kier alpha value is -1.80. The summed E-state index contributed by atoms with van der Waals surface area (Å²) in [7, 11) is 0. The van der Waals surface area contributed by atoms with Gasteiger partial charge in [-0.2, -0.15) is 0 Å². The number of aryl methyl sites for hydroxylation is 2. The second-order valence-electron chi connectivity index (χ2n) is 6.01. The molecule has 0 saturated heterocycles. The number of fused-ring (bicyclic) bond motifs is 2. The van der Waals surface area contributed by atoms with Gasteiger partial charge in [-0.15, -0.1) is 0 Å². The van der Waals surface area contributed by atoms with Crippen molar-refractivity contribution in [2.75, 3.05) is 24.5 Å². The Morgan fingerprint density at radius 3 is 2.05 bits per heavy atom. The molecule has 0 amide bonds. The van der Waals surface area contributed by atoms with Gasteiger partial charge in [0, 0.05) is 17.9 Å². The van der Waals surface area contributed by atoms with E-state index in [9.17, 15) is 0 Å². The van der Waals surface area contributed by atoms with Crippen LogP contribution in [0.15, 0.2) is 48.5 Å². The lowest BCUT2D eigenvalue weighted by Gasteiger charge is -2.27. The van der Waals surface area contributed by atoms with Crippen molar-refractivity contribution in [2.45, 2.75) is 32.6 Å². The first kappa shape index (κ1) is 15.1. The summed E-state index contributed by atoms with van der Waals surface area (Å²) in [6.45, 7) is 5.50. The molecule has 0 radical (unpaired) electrons. The number of hydrogen-bond donors (Lipinski definition) is 1. The molecule has 1 aliphatic rings. The lowest BCUT2D eigenvalue weighted by atomic mass is 10.0. The van der Waals surface area contributed by atoms with E-state index < -0.39 is 0 Å². The van der Waals surface area contributed by atoms with E-state index in [2.05, 4.69) is 65.7 Å². The van der Waals surface area contributed by atoms with Gasteiger partial charge in [0.1, 0.15) is 0 Å². The van der Waals surface area contributed by atoms with Crippen molar-refractivity contribution in [3.8, 4) is 0 Å². The molecule has 2 heteroatoms. The van der Waals surface area contributed by atoms with Crippen molar-refractivity contribution in [2.24, 2.45) is 0 Å². The first-order valence-electron chi connectivity index (χ1n) is 8.54. The zero-order chi connectivity index (χ0) is 15.2. The number of nitrogens with one attached hydrogen (secondary N) is 1. The Balaban J connectivity index is 1.82. The van der Waals surface area contributed by atoms with Crippen molar-refractivity contribution in [1.29, 1.82) is 0 Å². The van der Waals surface area contributed by atoms with Gasteiger partial charge in [0.25, 0.3) is 0 Å². The summed E-state index contributed by atoms with van der Waals surface area (Å²) in [5, 5.41) is 3.51. The molecule has 0 bridgehead atoms. The first-order chi connectivity index (χ1) is 10.9. The van der Waals surface area contributed by atoms with E-state index in [1.54, 1.807) is 0 Å². The summed E-state index contributed by atoms with van der Waals surface area (Å²) < 4.78 is 0. The fourth-order valence-corrected chi connectivity index (χ4v) is 3.28. The van der Waals surface area contributed by atoms with Gasteiger partial charge in [0.15, 0.2) is 0 Å². The highest BCUT2D eigenvalue weighted by Gasteiger charge is 2.19. The van der Waals surface area contributed by atoms with E-state index in [1.165, 1.54) is 35.3 Å². The SMILES string of the molecule is CCCNCCCN1c2ccccc2CCc2ccccc21. The molecule has 1 aliphatic heterocycles. The predicted molar refractivity (Wildman–Crippen MR) is 95.1 cm³/mol. The molecule has 1 heterocycles. The molecule has 1 N–H and O–H groups in total. The van der Waals surface area contributed by atoms with Crippen LogP contribution in [-0.4, -0.2) is 19.6 Å². The highest BCUT2D eigenvalue weighted by molar-refractivity contribution is 5.71. The fourth-order valence-electron chi connectivity index (χ4n) is 3.28. The summed E-state index contributed by atoms with van der Waals surface area (Å²) in [4.78, 5) is 2.52. The molecule has 22 heavy (non-hydrogen) atoms. The van der Waals surface area contributed by atoms with Crippen LogP contribution < -0.4 is 10.2 Å². The minimum Gasteiger partial charge on any atom is -0.341 e. The molecule has 2 aromatic carbocycles. The van der Waals surface area contributed by atoms with Gasteiger partial charge < -0.3 is 10.2 Å². The largest absolute Gasteiger partial charge is 0.341 e. The Morgan fingerprint density at radius 2 is 1.45 bits per heavy atom. The highest BCUT2D eigenvalue weighted by atomic mass is 15.1. The first-order valence-corrected chi connectivity index (χ1v) is 8.54. The third kappa shape index (κ3) is 3.33. The molecule has 3 rings (SSSR count). The number of anilines is 2. The van der Waals surface area contributed by atoms with Crippen LogP contribution in [0.3, 0.4) is 0 Å². The third-order valence-corrected chi connectivity index (χ3v) is 4.39. The van der Waals surface area contributed by atoms with Gasteiger partial charge in [0.2, 0.25) is 0 Å². The number of nitrogens with zero attached hydrogens (tertiary/aromatic N) is 1. The second-order valence-corrected chi connectivity index (χ2v) is 6.01. The lowest BCUT2D eigenvalue weighted by Crippen LogP contribution is -2.24. The van der Waals surface area contributed by atoms with Crippen molar-refractivity contribution in [1.82, 2.24) is 5.32 Å². The molecule has 2 aromatic rings.